The largest absolute Gasteiger partial charge is 0.497 e. The van der Waals surface area contributed by atoms with Crippen molar-refractivity contribution in [2.45, 2.75) is 6.92 Å². The van der Waals surface area contributed by atoms with Gasteiger partial charge in [-0.15, -0.1) is 11.3 Å². The van der Waals surface area contributed by atoms with Crippen molar-refractivity contribution in [2.75, 3.05) is 45.3 Å². The lowest BCUT2D eigenvalue weighted by atomic mass is 10.1. The summed E-state index contributed by atoms with van der Waals surface area (Å²) < 4.78 is 16.1. The minimum atomic E-state index is -0.260. The number of morpholine rings is 1. The van der Waals surface area contributed by atoms with Gasteiger partial charge in [0.05, 0.1) is 26.0 Å². The van der Waals surface area contributed by atoms with Crippen LogP contribution in [0.25, 0.3) is 11.3 Å². The normalized spacial score (nSPS) is 13.5. The molecule has 9 heteroatoms. The summed E-state index contributed by atoms with van der Waals surface area (Å²) in [6, 6.07) is 12.7. The minimum Gasteiger partial charge on any atom is -0.497 e. The van der Waals surface area contributed by atoms with E-state index in [0.29, 0.717) is 42.7 Å². The first-order valence-electron chi connectivity index (χ1n) is 10.5. The van der Waals surface area contributed by atoms with Gasteiger partial charge in [-0.3, -0.25) is 14.9 Å². The van der Waals surface area contributed by atoms with E-state index in [1.54, 1.807) is 30.2 Å². The van der Waals surface area contributed by atoms with E-state index < -0.39 is 0 Å². The predicted octanol–water partition coefficient (Wildman–Crippen LogP) is 3.62. The number of hydrogen-bond acceptors (Lipinski definition) is 7. The van der Waals surface area contributed by atoms with Crippen LogP contribution in [0.15, 0.2) is 47.8 Å². The molecular formula is C24H25N3O5S. The summed E-state index contributed by atoms with van der Waals surface area (Å²) in [6.45, 7) is 4.06. The smallest absolute Gasteiger partial charge is 0.260 e. The van der Waals surface area contributed by atoms with Crippen molar-refractivity contribution < 1.29 is 23.8 Å². The number of aromatic nitrogens is 1. The fourth-order valence-electron chi connectivity index (χ4n) is 3.39. The van der Waals surface area contributed by atoms with Crippen LogP contribution in [0.1, 0.15) is 15.9 Å². The van der Waals surface area contributed by atoms with Crippen LogP contribution in [0.4, 0.5) is 5.13 Å². The second-order valence-corrected chi connectivity index (χ2v) is 8.34. The van der Waals surface area contributed by atoms with Crippen molar-refractivity contribution in [2.24, 2.45) is 0 Å². The van der Waals surface area contributed by atoms with Gasteiger partial charge in [0.2, 0.25) is 0 Å². The molecule has 0 radical (unpaired) electrons. The van der Waals surface area contributed by atoms with Gasteiger partial charge in [0.25, 0.3) is 11.8 Å². The second-order valence-electron chi connectivity index (χ2n) is 7.48. The third-order valence-corrected chi connectivity index (χ3v) is 6.02. The van der Waals surface area contributed by atoms with Gasteiger partial charge < -0.3 is 19.1 Å². The lowest BCUT2D eigenvalue weighted by Gasteiger charge is -2.26. The van der Waals surface area contributed by atoms with Crippen molar-refractivity contribution in [3.05, 3.63) is 59.0 Å². The number of carbonyl (C=O) groups excluding carboxylic acids is 2. The number of benzene rings is 2. The van der Waals surface area contributed by atoms with Crippen LogP contribution in [0.2, 0.25) is 0 Å². The number of ether oxygens (including phenoxy) is 3. The molecule has 3 aromatic rings. The van der Waals surface area contributed by atoms with Gasteiger partial charge in [0, 0.05) is 29.6 Å². The fourth-order valence-corrected chi connectivity index (χ4v) is 4.11. The molecule has 172 valence electrons. The van der Waals surface area contributed by atoms with Gasteiger partial charge in [-0.2, -0.15) is 0 Å². The summed E-state index contributed by atoms with van der Waals surface area (Å²) >= 11 is 1.36. The van der Waals surface area contributed by atoms with Crippen molar-refractivity contribution >= 4 is 28.3 Å². The van der Waals surface area contributed by atoms with E-state index in [1.165, 1.54) is 11.3 Å². The number of nitrogens with zero attached hydrogens (tertiary/aromatic N) is 2. The van der Waals surface area contributed by atoms with Gasteiger partial charge in [0.1, 0.15) is 11.5 Å². The molecule has 0 spiro atoms. The van der Waals surface area contributed by atoms with Gasteiger partial charge in [0.15, 0.2) is 11.7 Å². The van der Waals surface area contributed by atoms with E-state index in [9.17, 15) is 9.59 Å². The number of hydrogen-bond donors (Lipinski definition) is 1. The molecular weight excluding hydrogens is 442 g/mol. The lowest BCUT2D eigenvalue weighted by Crippen LogP contribution is -2.43. The highest BCUT2D eigenvalue weighted by Crippen LogP contribution is 2.27. The van der Waals surface area contributed by atoms with Crippen molar-refractivity contribution in [1.82, 2.24) is 9.88 Å². The maximum atomic E-state index is 12.7. The van der Waals surface area contributed by atoms with E-state index in [2.05, 4.69) is 10.3 Å². The van der Waals surface area contributed by atoms with Crippen LogP contribution in [0.3, 0.4) is 0 Å². The van der Waals surface area contributed by atoms with E-state index in [1.807, 2.05) is 36.6 Å². The summed E-state index contributed by atoms with van der Waals surface area (Å²) in [6.07, 6.45) is 0. The first-order chi connectivity index (χ1) is 16.0. The zero-order valence-electron chi connectivity index (χ0n) is 18.5. The lowest BCUT2D eigenvalue weighted by molar-refractivity contribution is -0.137. The number of amides is 2. The second kappa shape index (κ2) is 10.5. The SMILES string of the molecule is COc1ccc(-c2csc(NC(=O)c3ccc(OCC(=O)N4CCOCC4)c(C)c3)n2)cc1. The molecule has 33 heavy (non-hydrogen) atoms. The maximum Gasteiger partial charge on any atom is 0.260 e. The summed E-state index contributed by atoms with van der Waals surface area (Å²) in [4.78, 5) is 31.2. The quantitative estimate of drug-likeness (QED) is 0.571. The molecule has 1 aromatic heterocycles. The molecule has 2 heterocycles. The Morgan fingerprint density at radius 2 is 1.91 bits per heavy atom. The number of anilines is 1. The molecule has 0 bridgehead atoms. The first kappa shape index (κ1) is 22.8. The van der Waals surface area contributed by atoms with E-state index in [4.69, 9.17) is 14.2 Å². The summed E-state index contributed by atoms with van der Waals surface area (Å²) in [5, 5.41) is 5.25. The Balaban J connectivity index is 1.35. The van der Waals surface area contributed by atoms with Gasteiger partial charge in [-0.1, -0.05) is 0 Å². The number of nitrogens with one attached hydrogen (secondary N) is 1. The van der Waals surface area contributed by atoms with Crippen molar-refractivity contribution in [3.63, 3.8) is 0 Å². The van der Waals surface area contributed by atoms with Crippen LogP contribution >= 0.6 is 11.3 Å². The molecule has 4 rings (SSSR count). The molecule has 8 nitrogen and oxygen atoms in total. The Kier molecular flexibility index (Phi) is 7.21. The Bertz CT molecular complexity index is 1120. The van der Waals surface area contributed by atoms with Crippen LogP contribution in [-0.2, 0) is 9.53 Å². The molecule has 1 aliphatic rings. The Hall–Kier alpha value is -3.43. The van der Waals surface area contributed by atoms with Crippen LogP contribution in [0, 0.1) is 6.92 Å². The first-order valence-corrected chi connectivity index (χ1v) is 11.4. The van der Waals surface area contributed by atoms with E-state index in [-0.39, 0.29) is 18.4 Å². The Morgan fingerprint density at radius 1 is 1.15 bits per heavy atom. The number of thiazole rings is 1. The highest BCUT2D eigenvalue weighted by Gasteiger charge is 2.18. The summed E-state index contributed by atoms with van der Waals surface area (Å²) in [7, 11) is 1.62. The molecule has 1 saturated heterocycles. The average molecular weight is 468 g/mol. The van der Waals surface area contributed by atoms with Gasteiger partial charge in [-0.25, -0.2) is 4.98 Å². The molecule has 0 atom stereocenters. The third-order valence-electron chi connectivity index (χ3n) is 5.26. The molecule has 0 unspecified atom stereocenters. The number of rotatable bonds is 7. The number of methoxy groups -OCH3 is 1. The average Bonchev–Trinajstić information content (AvgIpc) is 3.32. The zero-order chi connectivity index (χ0) is 23.2. The highest BCUT2D eigenvalue weighted by molar-refractivity contribution is 7.14. The minimum absolute atomic E-state index is 0.0420. The van der Waals surface area contributed by atoms with Crippen LogP contribution < -0.4 is 14.8 Å². The van der Waals surface area contributed by atoms with Crippen LogP contribution in [-0.4, -0.2) is 61.7 Å². The molecule has 1 aliphatic heterocycles. The van der Waals surface area contributed by atoms with Crippen LogP contribution in [0.5, 0.6) is 11.5 Å². The molecule has 0 saturated carbocycles. The van der Waals surface area contributed by atoms with Gasteiger partial charge in [-0.05, 0) is 55.0 Å². The Labute approximate surface area is 196 Å². The molecule has 0 aliphatic carbocycles. The monoisotopic (exact) mass is 467 g/mol. The topological polar surface area (TPSA) is 90.0 Å². The van der Waals surface area contributed by atoms with Crippen molar-refractivity contribution in [1.29, 1.82) is 0 Å². The van der Waals surface area contributed by atoms with E-state index in [0.717, 1.165) is 22.6 Å². The molecule has 2 amide bonds. The van der Waals surface area contributed by atoms with E-state index >= 15 is 0 Å². The fraction of sp³-hybridized carbons (Fsp3) is 0.292. The predicted molar refractivity (Wildman–Crippen MR) is 126 cm³/mol. The summed E-state index contributed by atoms with van der Waals surface area (Å²) in [5.74, 6) is 1.01. The zero-order valence-corrected chi connectivity index (χ0v) is 19.3. The molecule has 1 N–H and O–H groups in total. The van der Waals surface area contributed by atoms with Crippen molar-refractivity contribution in [3.8, 4) is 22.8 Å². The Morgan fingerprint density at radius 3 is 2.61 bits per heavy atom. The molecule has 2 aromatic carbocycles. The van der Waals surface area contributed by atoms with Gasteiger partial charge >= 0.3 is 0 Å². The summed E-state index contributed by atoms with van der Waals surface area (Å²) in [5.41, 5.74) is 2.98. The standard InChI is InChI=1S/C24H25N3O5S/c1-16-13-18(5-8-21(16)32-14-22(28)27-9-11-31-12-10-27)23(29)26-24-25-20(15-33-24)17-3-6-19(30-2)7-4-17/h3-8,13,15H,9-12,14H2,1-2H3,(H,25,26,29). The highest BCUT2D eigenvalue weighted by atomic mass is 32.1. The molecule has 1 fully saturated rings. The number of carbonyl (C=O) groups is 2. The maximum absolute atomic E-state index is 12.7. The number of aryl methyl sites for hydroxylation is 1. The third kappa shape index (κ3) is 5.68.